The first-order valence-electron chi connectivity index (χ1n) is 6.12. The molecule has 0 amide bonds. The van der Waals surface area contributed by atoms with Crippen LogP contribution in [0.4, 0.5) is 17.6 Å². The highest BCUT2D eigenvalue weighted by Gasteiger charge is 2.33. The van der Waals surface area contributed by atoms with E-state index in [0.717, 1.165) is 12.1 Å². The van der Waals surface area contributed by atoms with Crippen molar-refractivity contribution in [3.05, 3.63) is 58.4 Å². The van der Waals surface area contributed by atoms with Crippen molar-refractivity contribution in [2.24, 2.45) is 5.73 Å². The zero-order valence-electron chi connectivity index (χ0n) is 11.0. The van der Waals surface area contributed by atoms with E-state index >= 15 is 0 Å². The lowest BCUT2D eigenvalue weighted by Crippen LogP contribution is -2.08. The van der Waals surface area contributed by atoms with Crippen LogP contribution >= 0.6 is 11.6 Å². The summed E-state index contributed by atoms with van der Waals surface area (Å²) in [6, 6.07) is 7.39. The highest BCUT2D eigenvalue weighted by atomic mass is 35.5. The van der Waals surface area contributed by atoms with Crippen molar-refractivity contribution in [2.75, 3.05) is 0 Å². The predicted octanol–water partition coefficient (Wildman–Crippen LogP) is 5.18. The van der Waals surface area contributed by atoms with E-state index in [1.165, 1.54) is 6.07 Å². The van der Waals surface area contributed by atoms with E-state index in [-0.39, 0.29) is 6.04 Å². The Hall–Kier alpha value is -1.59. The van der Waals surface area contributed by atoms with E-state index in [0.29, 0.717) is 21.7 Å². The number of benzene rings is 2. The maximum Gasteiger partial charge on any atom is 0.419 e. The SMILES string of the molecule is CC(N)c1ccc(-c2ccc(C(F)(F)F)c(F)c2)cc1Cl. The van der Waals surface area contributed by atoms with Gasteiger partial charge in [0, 0.05) is 11.1 Å². The molecule has 0 aromatic heterocycles. The number of halogens is 5. The Morgan fingerprint density at radius 1 is 1.05 bits per heavy atom. The van der Waals surface area contributed by atoms with Gasteiger partial charge in [-0.1, -0.05) is 29.8 Å². The Balaban J connectivity index is 2.44. The highest BCUT2D eigenvalue weighted by molar-refractivity contribution is 6.31. The highest BCUT2D eigenvalue weighted by Crippen LogP contribution is 2.34. The van der Waals surface area contributed by atoms with Gasteiger partial charge in [0.15, 0.2) is 0 Å². The summed E-state index contributed by atoms with van der Waals surface area (Å²) in [5.41, 5.74) is 6.00. The Morgan fingerprint density at radius 3 is 2.10 bits per heavy atom. The fourth-order valence-corrected chi connectivity index (χ4v) is 2.35. The van der Waals surface area contributed by atoms with Gasteiger partial charge in [0.1, 0.15) is 5.82 Å². The van der Waals surface area contributed by atoms with Crippen molar-refractivity contribution in [3.63, 3.8) is 0 Å². The minimum atomic E-state index is -4.71. The van der Waals surface area contributed by atoms with Gasteiger partial charge in [0.25, 0.3) is 0 Å². The second kappa shape index (κ2) is 5.66. The van der Waals surface area contributed by atoms with Crippen molar-refractivity contribution in [1.29, 1.82) is 0 Å². The second-order valence-corrected chi connectivity index (χ2v) is 5.12. The second-order valence-electron chi connectivity index (χ2n) is 4.72. The molecule has 0 aliphatic carbocycles. The number of hydrogen-bond donors (Lipinski definition) is 1. The van der Waals surface area contributed by atoms with Gasteiger partial charge in [-0.25, -0.2) is 4.39 Å². The van der Waals surface area contributed by atoms with Crippen molar-refractivity contribution >= 4 is 11.6 Å². The van der Waals surface area contributed by atoms with Crippen molar-refractivity contribution in [3.8, 4) is 11.1 Å². The summed E-state index contributed by atoms with van der Waals surface area (Å²) in [7, 11) is 0. The Labute approximate surface area is 124 Å². The van der Waals surface area contributed by atoms with Crippen LogP contribution in [-0.4, -0.2) is 0 Å². The van der Waals surface area contributed by atoms with E-state index in [1.807, 2.05) is 0 Å². The monoisotopic (exact) mass is 317 g/mol. The summed E-state index contributed by atoms with van der Waals surface area (Å²) < 4.78 is 51.1. The number of nitrogens with two attached hydrogens (primary N) is 1. The number of hydrogen-bond acceptors (Lipinski definition) is 1. The van der Waals surface area contributed by atoms with Gasteiger partial charge in [-0.05, 0) is 41.8 Å². The topological polar surface area (TPSA) is 26.0 Å². The molecular formula is C15H12ClF4N. The molecule has 1 unspecified atom stereocenters. The van der Waals surface area contributed by atoms with E-state index in [2.05, 4.69) is 0 Å². The van der Waals surface area contributed by atoms with Crippen LogP contribution in [0.15, 0.2) is 36.4 Å². The van der Waals surface area contributed by atoms with Gasteiger partial charge in [-0.3, -0.25) is 0 Å². The third-order valence-electron chi connectivity index (χ3n) is 3.10. The van der Waals surface area contributed by atoms with Gasteiger partial charge in [0.05, 0.1) is 5.56 Å². The molecule has 6 heteroatoms. The molecule has 1 nitrogen and oxygen atoms in total. The van der Waals surface area contributed by atoms with Crippen LogP contribution in [0, 0.1) is 5.82 Å². The molecule has 0 fully saturated rings. The molecular weight excluding hydrogens is 306 g/mol. The van der Waals surface area contributed by atoms with Crippen LogP contribution in [0.25, 0.3) is 11.1 Å². The molecule has 2 aromatic carbocycles. The van der Waals surface area contributed by atoms with Crippen molar-refractivity contribution in [1.82, 2.24) is 0 Å². The molecule has 21 heavy (non-hydrogen) atoms. The van der Waals surface area contributed by atoms with Crippen LogP contribution in [0.5, 0.6) is 0 Å². The van der Waals surface area contributed by atoms with Crippen LogP contribution < -0.4 is 5.73 Å². The third-order valence-corrected chi connectivity index (χ3v) is 3.43. The maximum absolute atomic E-state index is 13.6. The Morgan fingerprint density at radius 2 is 1.62 bits per heavy atom. The largest absolute Gasteiger partial charge is 0.419 e. The molecule has 0 aliphatic rings. The van der Waals surface area contributed by atoms with E-state index in [1.54, 1.807) is 25.1 Å². The lowest BCUT2D eigenvalue weighted by Gasteiger charge is -2.12. The van der Waals surface area contributed by atoms with Crippen molar-refractivity contribution < 1.29 is 17.6 Å². The summed E-state index contributed by atoms with van der Waals surface area (Å²) in [6.45, 7) is 1.76. The molecule has 0 radical (unpaired) electrons. The average Bonchev–Trinajstić information content (AvgIpc) is 2.36. The molecule has 2 N–H and O–H groups in total. The molecule has 2 rings (SSSR count). The molecule has 0 aliphatic heterocycles. The Bertz CT molecular complexity index is 665. The average molecular weight is 318 g/mol. The lowest BCUT2D eigenvalue weighted by molar-refractivity contribution is -0.139. The molecule has 0 saturated heterocycles. The first kappa shape index (κ1) is 15.8. The van der Waals surface area contributed by atoms with Gasteiger partial charge in [0.2, 0.25) is 0 Å². The lowest BCUT2D eigenvalue weighted by atomic mass is 10.00. The first-order valence-corrected chi connectivity index (χ1v) is 6.50. The summed E-state index contributed by atoms with van der Waals surface area (Å²) in [5, 5.41) is 0.391. The van der Waals surface area contributed by atoms with Crippen LogP contribution in [0.3, 0.4) is 0 Å². The molecule has 0 saturated carbocycles. The van der Waals surface area contributed by atoms with Gasteiger partial charge >= 0.3 is 6.18 Å². The fourth-order valence-electron chi connectivity index (χ4n) is 2.00. The van der Waals surface area contributed by atoms with E-state index in [4.69, 9.17) is 17.3 Å². The molecule has 0 spiro atoms. The minimum Gasteiger partial charge on any atom is -0.324 e. The molecule has 0 bridgehead atoms. The summed E-state index contributed by atoms with van der Waals surface area (Å²) >= 11 is 6.06. The van der Waals surface area contributed by atoms with Crippen LogP contribution in [-0.2, 0) is 6.18 Å². The Kier molecular flexibility index (Phi) is 4.25. The molecule has 0 heterocycles. The molecule has 1 atom stereocenters. The fraction of sp³-hybridized carbons (Fsp3) is 0.200. The summed E-state index contributed by atoms with van der Waals surface area (Å²) in [4.78, 5) is 0. The van der Waals surface area contributed by atoms with E-state index < -0.39 is 17.6 Å². The zero-order valence-corrected chi connectivity index (χ0v) is 11.8. The smallest absolute Gasteiger partial charge is 0.324 e. The standard InChI is InChI=1S/C15H12ClF4N/c1-8(21)11-4-2-9(6-13(11)16)10-3-5-12(14(17)7-10)15(18,19)20/h2-8H,21H2,1H3. The van der Waals surface area contributed by atoms with Crippen LogP contribution in [0.2, 0.25) is 5.02 Å². The van der Waals surface area contributed by atoms with Crippen LogP contribution in [0.1, 0.15) is 24.1 Å². The summed E-state index contributed by atoms with van der Waals surface area (Å²) in [6.07, 6.45) is -4.71. The van der Waals surface area contributed by atoms with Gasteiger partial charge in [-0.15, -0.1) is 0 Å². The molecule has 2 aromatic rings. The minimum absolute atomic E-state index is 0.268. The van der Waals surface area contributed by atoms with Gasteiger partial charge in [-0.2, -0.15) is 13.2 Å². The normalized spacial score (nSPS) is 13.3. The zero-order chi connectivity index (χ0) is 15.8. The quantitative estimate of drug-likeness (QED) is 0.758. The first-order chi connectivity index (χ1) is 9.70. The maximum atomic E-state index is 13.6. The predicted molar refractivity (Wildman–Crippen MR) is 74.5 cm³/mol. The van der Waals surface area contributed by atoms with E-state index in [9.17, 15) is 17.6 Å². The molecule has 112 valence electrons. The summed E-state index contributed by atoms with van der Waals surface area (Å²) in [5.74, 6) is -1.31. The number of rotatable bonds is 2. The van der Waals surface area contributed by atoms with Crippen molar-refractivity contribution in [2.45, 2.75) is 19.1 Å². The van der Waals surface area contributed by atoms with Gasteiger partial charge < -0.3 is 5.73 Å². The third kappa shape index (κ3) is 3.36. The number of alkyl halides is 3.